The van der Waals surface area contributed by atoms with E-state index in [1.165, 1.54) is 12.0 Å². The van der Waals surface area contributed by atoms with Crippen molar-refractivity contribution in [3.63, 3.8) is 0 Å². The Morgan fingerprint density at radius 2 is 2.36 bits per heavy atom. The maximum Gasteiger partial charge on any atom is 0.0613 e. The molecule has 1 aromatic heterocycles. The summed E-state index contributed by atoms with van der Waals surface area (Å²) in [4.78, 5) is 0. The van der Waals surface area contributed by atoms with Gasteiger partial charge < -0.3 is 10.4 Å². The van der Waals surface area contributed by atoms with E-state index in [4.69, 9.17) is 0 Å². The van der Waals surface area contributed by atoms with Crippen molar-refractivity contribution in [2.24, 2.45) is 0 Å². The van der Waals surface area contributed by atoms with Crippen molar-refractivity contribution in [3.05, 3.63) is 22.4 Å². The van der Waals surface area contributed by atoms with E-state index in [2.05, 4.69) is 22.1 Å². The van der Waals surface area contributed by atoms with E-state index in [-0.39, 0.29) is 12.1 Å². The molecule has 1 saturated carbocycles. The van der Waals surface area contributed by atoms with Crippen LogP contribution in [0.3, 0.4) is 0 Å². The first kappa shape index (κ1) is 10.1. The summed E-state index contributed by atoms with van der Waals surface area (Å²) in [5.74, 6) is 0. The van der Waals surface area contributed by atoms with Gasteiger partial charge in [-0.3, -0.25) is 0 Å². The fraction of sp³-hybridized carbons (Fsp3) is 0.636. The average Bonchev–Trinajstić information content (AvgIpc) is 2.62. The molecule has 14 heavy (non-hydrogen) atoms. The summed E-state index contributed by atoms with van der Waals surface area (Å²) < 4.78 is 0. The normalized spacial score (nSPS) is 19.2. The number of aliphatic hydroxyl groups is 1. The number of nitrogens with one attached hydrogen (secondary N) is 1. The first-order chi connectivity index (χ1) is 6.85. The first-order valence-corrected chi connectivity index (χ1v) is 6.16. The van der Waals surface area contributed by atoms with Gasteiger partial charge in [-0.15, -0.1) is 0 Å². The highest BCUT2D eigenvalue weighted by molar-refractivity contribution is 7.07. The van der Waals surface area contributed by atoms with Crippen molar-refractivity contribution in [2.75, 3.05) is 13.2 Å². The predicted octanol–water partition coefficient (Wildman–Crippen LogP) is 1.80. The minimum atomic E-state index is 0.0655. The topological polar surface area (TPSA) is 32.3 Å². The molecule has 0 atom stereocenters. The number of hydrogen-bond donors (Lipinski definition) is 2. The van der Waals surface area contributed by atoms with E-state index < -0.39 is 0 Å². The fourth-order valence-corrected chi connectivity index (χ4v) is 2.60. The van der Waals surface area contributed by atoms with Crippen LogP contribution in [0.15, 0.2) is 16.8 Å². The van der Waals surface area contributed by atoms with Crippen LogP contribution in [0.5, 0.6) is 0 Å². The minimum Gasteiger partial charge on any atom is -0.394 e. The number of hydrogen-bond acceptors (Lipinski definition) is 3. The Balaban J connectivity index is 1.72. The molecule has 1 aliphatic rings. The Morgan fingerprint density at radius 1 is 1.50 bits per heavy atom. The molecule has 1 heterocycles. The summed E-state index contributed by atoms with van der Waals surface area (Å²) in [5, 5.41) is 17.0. The van der Waals surface area contributed by atoms with Crippen molar-refractivity contribution in [1.82, 2.24) is 5.32 Å². The van der Waals surface area contributed by atoms with E-state index in [1.807, 2.05) is 0 Å². The van der Waals surface area contributed by atoms with E-state index in [9.17, 15) is 5.11 Å². The third-order valence-corrected chi connectivity index (χ3v) is 3.84. The van der Waals surface area contributed by atoms with Crippen molar-refractivity contribution in [3.8, 4) is 0 Å². The highest BCUT2D eigenvalue weighted by atomic mass is 32.1. The molecular weight excluding hydrogens is 194 g/mol. The number of rotatable bonds is 5. The molecule has 1 fully saturated rings. The Kier molecular flexibility index (Phi) is 3.21. The molecule has 3 heteroatoms. The third-order valence-electron chi connectivity index (χ3n) is 3.11. The smallest absolute Gasteiger partial charge is 0.0613 e. The average molecular weight is 211 g/mol. The monoisotopic (exact) mass is 211 g/mol. The molecule has 0 amide bonds. The molecule has 0 aromatic carbocycles. The molecule has 2 rings (SSSR count). The molecule has 78 valence electrons. The lowest BCUT2D eigenvalue weighted by Gasteiger charge is -2.41. The second kappa shape index (κ2) is 4.43. The quantitative estimate of drug-likeness (QED) is 0.778. The van der Waals surface area contributed by atoms with E-state index in [0.29, 0.717) is 0 Å². The van der Waals surface area contributed by atoms with Gasteiger partial charge in [0, 0.05) is 5.54 Å². The summed E-state index contributed by atoms with van der Waals surface area (Å²) in [7, 11) is 0. The third kappa shape index (κ3) is 2.16. The number of aliphatic hydroxyl groups excluding tert-OH is 1. The summed E-state index contributed by atoms with van der Waals surface area (Å²) >= 11 is 1.75. The zero-order chi connectivity index (χ0) is 9.86. The van der Waals surface area contributed by atoms with Crippen LogP contribution in [0, 0.1) is 0 Å². The lowest BCUT2D eigenvalue weighted by molar-refractivity contribution is 0.0895. The molecule has 0 saturated heterocycles. The van der Waals surface area contributed by atoms with E-state index >= 15 is 0 Å². The second-order valence-corrected chi connectivity index (χ2v) is 4.88. The lowest BCUT2D eigenvalue weighted by Crippen LogP contribution is -2.54. The van der Waals surface area contributed by atoms with Crippen LogP contribution >= 0.6 is 11.3 Å². The van der Waals surface area contributed by atoms with Crippen molar-refractivity contribution >= 4 is 11.3 Å². The molecule has 0 unspecified atom stereocenters. The molecule has 0 bridgehead atoms. The summed E-state index contributed by atoms with van der Waals surface area (Å²) in [5.41, 5.74) is 1.46. The van der Waals surface area contributed by atoms with Crippen LogP contribution < -0.4 is 5.32 Å². The zero-order valence-corrected chi connectivity index (χ0v) is 9.15. The van der Waals surface area contributed by atoms with Crippen LogP contribution in [0.4, 0.5) is 0 Å². The molecule has 2 N–H and O–H groups in total. The van der Waals surface area contributed by atoms with Crippen molar-refractivity contribution in [2.45, 2.75) is 31.2 Å². The molecule has 0 aliphatic heterocycles. The maximum absolute atomic E-state index is 9.23. The van der Waals surface area contributed by atoms with Gasteiger partial charge in [-0.05, 0) is 54.6 Å². The summed E-state index contributed by atoms with van der Waals surface area (Å²) in [6.45, 7) is 1.27. The van der Waals surface area contributed by atoms with Gasteiger partial charge in [-0.25, -0.2) is 0 Å². The molecule has 0 radical (unpaired) electrons. The van der Waals surface area contributed by atoms with E-state index in [0.717, 1.165) is 25.8 Å². The molecular formula is C11H17NOS. The van der Waals surface area contributed by atoms with Gasteiger partial charge in [-0.2, -0.15) is 11.3 Å². The van der Waals surface area contributed by atoms with Crippen LogP contribution in [-0.4, -0.2) is 23.8 Å². The molecule has 0 spiro atoms. The van der Waals surface area contributed by atoms with Gasteiger partial charge in [0.2, 0.25) is 0 Å². The predicted molar refractivity (Wildman–Crippen MR) is 59.7 cm³/mol. The maximum atomic E-state index is 9.23. The largest absolute Gasteiger partial charge is 0.394 e. The van der Waals surface area contributed by atoms with E-state index in [1.54, 1.807) is 11.3 Å². The van der Waals surface area contributed by atoms with Gasteiger partial charge in [0.25, 0.3) is 0 Å². The Hall–Kier alpha value is -0.380. The minimum absolute atomic E-state index is 0.0655. The van der Waals surface area contributed by atoms with Crippen LogP contribution in [0.2, 0.25) is 0 Å². The molecule has 1 aromatic rings. The SMILES string of the molecule is OCC1(NCCc2ccsc2)CCC1. The van der Waals surface area contributed by atoms with Crippen molar-refractivity contribution in [1.29, 1.82) is 0 Å². The Bertz CT molecular complexity index is 261. The Morgan fingerprint density at radius 3 is 2.86 bits per heavy atom. The second-order valence-electron chi connectivity index (χ2n) is 4.10. The zero-order valence-electron chi connectivity index (χ0n) is 8.33. The van der Waals surface area contributed by atoms with Crippen LogP contribution in [0.25, 0.3) is 0 Å². The van der Waals surface area contributed by atoms with Crippen LogP contribution in [-0.2, 0) is 6.42 Å². The number of thiophene rings is 1. The van der Waals surface area contributed by atoms with Gasteiger partial charge in [-0.1, -0.05) is 0 Å². The summed E-state index contributed by atoms with van der Waals surface area (Å²) in [6, 6.07) is 2.17. The molecule has 2 nitrogen and oxygen atoms in total. The Labute approximate surface area is 89.0 Å². The first-order valence-electron chi connectivity index (χ1n) is 5.22. The fourth-order valence-electron chi connectivity index (χ4n) is 1.90. The molecule has 1 aliphatic carbocycles. The van der Waals surface area contributed by atoms with Gasteiger partial charge in [0.1, 0.15) is 0 Å². The standard InChI is InChI=1S/C11H17NOS/c13-9-11(4-1-5-11)12-6-2-10-3-7-14-8-10/h3,7-8,12-13H,1-2,4-6,9H2. The lowest BCUT2D eigenvalue weighted by atomic mass is 9.77. The van der Waals surface area contributed by atoms with Gasteiger partial charge in [0.05, 0.1) is 6.61 Å². The highest BCUT2D eigenvalue weighted by Crippen LogP contribution is 2.30. The van der Waals surface area contributed by atoms with Crippen molar-refractivity contribution < 1.29 is 5.11 Å². The van der Waals surface area contributed by atoms with Gasteiger partial charge >= 0.3 is 0 Å². The van der Waals surface area contributed by atoms with Crippen LogP contribution in [0.1, 0.15) is 24.8 Å². The summed E-state index contributed by atoms with van der Waals surface area (Å²) in [6.07, 6.45) is 4.59. The highest BCUT2D eigenvalue weighted by Gasteiger charge is 2.35. The van der Waals surface area contributed by atoms with Gasteiger partial charge in [0.15, 0.2) is 0 Å².